The normalized spacial score (nSPS) is 11.8. The van der Waals surface area contributed by atoms with E-state index in [1.54, 1.807) is 6.07 Å². The van der Waals surface area contributed by atoms with Crippen molar-refractivity contribution < 1.29 is 18.3 Å². The molecule has 1 aromatic rings. The Balaban J connectivity index is 3.15. The Hall–Kier alpha value is -1.07. The zero-order valence-corrected chi connectivity index (χ0v) is 8.72. The van der Waals surface area contributed by atoms with Crippen molar-refractivity contribution in [1.82, 2.24) is 0 Å². The average Bonchev–Trinajstić information content (AvgIpc) is 2.24. The van der Waals surface area contributed by atoms with Gasteiger partial charge in [-0.15, -0.1) is 0 Å². The molecule has 0 aliphatic carbocycles. The molecule has 0 saturated heterocycles. The maximum absolute atomic E-state index is 12.7. The van der Waals surface area contributed by atoms with Gasteiger partial charge in [0.1, 0.15) is 0 Å². The van der Waals surface area contributed by atoms with Crippen LogP contribution in [0.15, 0.2) is 18.2 Å². The third kappa shape index (κ3) is 2.96. The maximum Gasteiger partial charge on any atom is 0.416 e. The van der Waals surface area contributed by atoms with Crippen molar-refractivity contribution in [2.75, 3.05) is 6.61 Å². The highest BCUT2D eigenvalue weighted by atomic mass is 19.4. The van der Waals surface area contributed by atoms with Gasteiger partial charge in [-0.3, -0.25) is 0 Å². The Bertz CT molecular complexity index is 350. The zero-order valence-electron chi connectivity index (χ0n) is 8.72. The number of aliphatic hydroxyl groups is 1. The number of hydrogen-bond acceptors (Lipinski definition) is 2. The highest BCUT2D eigenvalue weighted by molar-refractivity contribution is 5.37. The Labute approximate surface area is 91.9 Å². The zero-order chi connectivity index (χ0) is 12.2. The second-order valence-corrected chi connectivity index (χ2v) is 3.47. The molecule has 0 radical (unpaired) electrons. The fourth-order valence-electron chi connectivity index (χ4n) is 1.64. The van der Waals surface area contributed by atoms with Crippen LogP contribution in [-0.4, -0.2) is 11.7 Å². The van der Waals surface area contributed by atoms with Crippen LogP contribution in [0.5, 0.6) is 0 Å². The molecule has 3 N–H and O–H groups in total. The Morgan fingerprint density at radius 2 is 1.94 bits per heavy atom. The summed E-state index contributed by atoms with van der Waals surface area (Å²) < 4.78 is 38.1. The average molecular weight is 233 g/mol. The monoisotopic (exact) mass is 233 g/mol. The summed E-state index contributed by atoms with van der Waals surface area (Å²) in [6.45, 7) is -0.0547. The molecule has 0 bridgehead atoms. The molecule has 1 rings (SSSR count). The molecule has 0 aliphatic rings. The van der Waals surface area contributed by atoms with Gasteiger partial charge in [-0.05, 0) is 30.0 Å². The Morgan fingerprint density at radius 1 is 1.25 bits per heavy atom. The van der Waals surface area contributed by atoms with Crippen LogP contribution in [0.25, 0.3) is 0 Å². The van der Waals surface area contributed by atoms with E-state index >= 15 is 0 Å². The number of aliphatic hydroxyl groups excluding tert-OH is 1. The first-order valence-electron chi connectivity index (χ1n) is 4.99. The van der Waals surface area contributed by atoms with E-state index in [4.69, 9.17) is 10.8 Å². The van der Waals surface area contributed by atoms with Gasteiger partial charge < -0.3 is 10.8 Å². The van der Waals surface area contributed by atoms with Crippen molar-refractivity contribution >= 4 is 0 Å². The summed E-state index contributed by atoms with van der Waals surface area (Å²) in [4.78, 5) is 0. The molecule has 0 aromatic heterocycles. The third-order valence-electron chi connectivity index (χ3n) is 2.38. The van der Waals surface area contributed by atoms with Gasteiger partial charge in [-0.2, -0.15) is 13.2 Å². The fraction of sp³-hybridized carbons (Fsp3) is 0.455. The molecule has 2 nitrogen and oxygen atoms in total. The first-order chi connectivity index (χ1) is 7.50. The number of rotatable bonds is 4. The summed E-state index contributed by atoms with van der Waals surface area (Å²) in [6, 6.07) is 3.99. The summed E-state index contributed by atoms with van der Waals surface area (Å²) in [5.74, 6) is 0. The van der Waals surface area contributed by atoms with Crippen molar-refractivity contribution in [3.8, 4) is 0 Å². The van der Waals surface area contributed by atoms with E-state index in [9.17, 15) is 13.2 Å². The number of halogens is 3. The van der Waals surface area contributed by atoms with Crippen LogP contribution >= 0.6 is 0 Å². The standard InChI is InChI=1S/C11H14F3NO/c12-11(13,14)10-5-1-3-8(7-15)9(10)4-2-6-16/h1,3,5,16H,2,4,6-7,15H2. The summed E-state index contributed by atoms with van der Waals surface area (Å²) in [5, 5.41) is 8.67. The molecule has 0 spiro atoms. The molecule has 0 amide bonds. The van der Waals surface area contributed by atoms with Gasteiger partial charge in [0.05, 0.1) is 5.56 Å². The molecule has 90 valence electrons. The quantitative estimate of drug-likeness (QED) is 0.836. The van der Waals surface area contributed by atoms with E-state index < -0.39 is 11.7 Å². The summed E-state index contributed by atoms with van der Waals surface area (Å²) in [5.41, 5.74) is 5.45. The van der Waals surface area contributed by atoms with Crippen molar-refractivity contribution in [1.29, 1.82) is 0 Å². The minimum atomic E-state index is -4.37. The van der Waals surface area contributed by atoms with Crippen LogP contribution in [0, 0.1) is 0 Å². The highest BCUT2D eigenvalue weighted by Gasteiger charge is 2.33. The first-order valence-corrected chi connectivity index (χ1v) is 4.99. The largest absolute Gasteiger partial charge is 0.416 e. The van der Waals surface area contributed by atoms with Gasteiger partial charge in [0.25, 0.3) is 0 Å². The van der Waals surface area contributed by atoms with Crippen molar-refractivity contribution in [2.45, 2.75) is 25.6 Å². The Morgan fingerprint density at radius 3 is 2.44 bits per heavy atom. The lowest BCUT2D eigenvalue weighted by atomic mass is 9.96. The van der Waals surface area contributed by atoms with Crippen LogP contribution in [-0.2, 0) is 19.1 Å². The molecular formula is C11H14F3NO. The van der Waals surface area contributed by atoms with Crippen LogP contribution in [0.4, 0.5) is 13.2 Å². The number of hydrogen-bond donors (Lipinski definition) is 2. The summed E-state index contributed by atoms with van der Waals surface area (Å²) >= 11 is 0. The van der Waals surface area contributed by atoms with Crippen molar-refractivity contribution in [3.05, 3.63) is 34.9 Å². The van der Waals surface area contributed by atoms with Gasteiger partial charge in [0.15, 0.2) is 0 Å². The predicted octanol–water partition coefficient (Wildman–Crippen LogP) is 2.09. The fourth-order valence-corrected chi connectivity index (χ4v) is 1.64. The van der Waals surface area contributed by atoms with Gasteiger partial charge in [-0.25, -0.2) is 0 Å². The van der Waals surface area contributed by atoms with Gasteiger partial charge in [0, 0.05) is 13.2 Å². The molecular weight excluding hydrogens is 219 g/mol. The second kappa shape index (κ2) is 5.32. The number of alkyl halides is 3. The minimum absolute atomic E-state index is 0.0741. The van der Waals surface area contributed by atoms with Gasteiger partial charge in [-0.1, -0.05) is 12.1 Å². The summed E-state index contributed by atoms with van der Waals surface area (Å²) in [6.07, 6.45) is -3.87. The van der Waals surface area contributed by atoms with Crippen molar-refractivity contribution in [3.63, 3.8) is 0 Å². The van der Waals surface area contributed by atoms with Crippen LogP contribution in [0.3, 0.4) is 0 Å². The molecule has 1 aromatic carbocycles. The predicted molar refractivity (Wildman–Crippen MR) is 54.7 cm³/mol. The van der Waals surface area contributed by atoms with Crippen LogP contribution < -0.4 is 5.73 Å². The molecule has 0 atom stereocenters. The topological polar surface area (TPSA) is 46.2 Å². The highest BCUT2D eigenvalue weighted by Crippen LogP contribution is 2.33. The molecule has 0 heterocycles. The molecule has 0 saturated carbocycles. The lowest BCUT2D eigenvalue weighted by molar-refractivity contribution is -0.138. The van der Waals surface area contributed by atoms with Gasteiger partial charge in [0.2, 0.25) is 0 Å². The van der Waals surface area contributed by atoms with E-state index in [-0.39, 0.29) is 25.1 Å². The van der Waals surface area contributed by atoms with Gasteiger partial charge >= 0.3 is 6.18 Å². The molecule has 0 aliphatic heterocycles. The molecule has 0 unspecified atom stereocenters. The molecule has 0 fully saturated rings. The van der Waals surface area contributed by atoms with Crippen LogP contribution in [0.2, 0.25) is 0 Å². The van der Waals surface area contributed by atoms with E-state index in [0.717, 1.165) is 6.07 Å². The van der Waals surface area contributed by atoms with E-state index in [0.29, 0.717) is 12.0 Å². The first kappa shape index (κ1) is 13.0. The third-order valence-corrected chi connectivity index (χ3v) is 2.38. The summed E-state index contributed by atoms with van der Waals surface area (Å²) in [7, 11) is 0. The van der Waals surface area contributed by atoms with Crippen LogP contribution in [0.1, 0.15) is 23.1 Å². The lowest BCUT2D eigenvalue weighted by Gasteiger charge is -2.15. The SMILES string of the molecule is NCc1cccc(C(F)(F)F)c1CCCO. The smallest absolute Gasteiger partial charge is 0.396 e. The van der Waals surface area contributed by atoms with E-state index in [1.165, 1.54) is 6.07 Å². The second-order valence-electron chi connectivity index (χ2n) is 3.47. The minimum Gasteiger partial charge on any atom is -0.396 e. The Kier molecular flexibility index (Phi) is 4.32. The molecule has 5 heteroatoms. The lowest BCUT2D eigenvalue weighted by Crippen LogP contribution is -2.13. The number of benzene rings is 1. The van der Waals surface area contributed by atoms with E-state index in [2.05, 4.69) is 0 Å². The maximum atomic E-state index is 12.7. The van der Waals surface area contributed by atoms with Crippen molar-refractivity contribution in [2.24, 2.45) is 5.73 Å². The van der Waals surface area contributed by atoms with E-state index in [1.807, 2.05) is 0 Å². The number of nitrogens with two attached hydrogens (primary N) is 1. The molecule has 16 heavy (non-hydrogen) atoms.